The van der Waals surface area contributed by atoms with E-state index in [4.69, 9.17) is 0 Å². The second-order valence-corrected chi connectivity index (χ2v) is 4.68. The number of anilines is 2. The molecule has 5 nitrogen and oxygen atoms in total. The third kappa shape index (κ3) is 3.06. The van der Waals surface area contributed by atoms with E-state index in [0.717, 1.165) is 44.1 Å². The van der Waals surface area contributed by atoms with Gasteiger partial charge in [0.15, 0.2) is 0 Å². The fourth-order valence-corrected chi connectivity index (χ4v) is 2.04. The van der Waals surface area contributed by atoms with Gasteiger partial charge in [0.25, 0.3) is 0 Å². The van der Waals surface area contributed by atoms with Crippen LogP contribution in [0.15, 0.2) is 12.3 Å². The van der Waals surface area contributed by atoms with Crippen LogP contribution in [-0.4, -0.2) is 48.4 Å². The minimum atomic E-state index is -0.157. The second kappa shape index (κ2) is 5.31. The summed E-state index contributed by atoms with van der Waals surface area (Å²) in [7, 11) is 3.87. The van der Waals surface area contributed by atoms with Crippen molar-refractivity contribution in [2.75, 3.05) is 37.0 Å². The van der Waals surface area contributed by atoms with E-state index in [-0.39, 0.29) is 6.10 Å². The maximum absolute atomic E-state index is 9.63. The molecule has 0 aliphatic carbocycles. The average molecular weight is 236 g/mol. The van der Waals surface area contributed by atoms with E-state index < -0.39 is 0 Å². The molecular formula is C12H20N4O. The molecular weight excluding hydrogens is 216 g/mol. The van der Waals surface area contributed by atoms with Gasteiger partial charge < -0.3 is 14.9 Å². The van der Waals surface area contributed by atoms with E-state index in [1.54, 1.807) is 6.20 Å². The zero-order valence-electron chi connectivity index (χ0n) is 10.5. The first-order valence-electron chi connectivity index (χ1n) is 6.10. The largest absolute Gasteiger partial charge is 0.393 e. The third-order valence-electron chi connectivity index (χ3n) is 3.05. The van der Waals surface area contributed by atoms with Gasteiger partial charge in [-0.15, -0.1) is 0 Å². The molecule has 17 heavy (non-hydrogen) atoms. The summed E-state index contributed by atoms with van der Waals surface area (Å²) in [5, 5.41) is 9.63. The SMILES string of the molecule is CN(C)c1nccc(N2CCCC(O)CC2)n1. The van der Waals surface area contributed by atoms with Gasteiger partial charge in [-0.05, 0) is 25.3 Å². The first-order valence-corrected chi connectivity index (χ1v) is 6.10. The molecule has 2 rings (SSSR count). The Morgan fingerprint density at radius 2 is 2.18 bits per heavy atom. The van der Waals surface area contributed by atoms with Gasteiger partial charge in [-0.25, -0.2) is 4.98 Å². The molecule has 1 saturated heterocycles. The molecule has 0 radical (unpaired) electrons. The summed E-state index contributed by atoms with van der Waals surface area (Å²) in [6.07, 6.45) is 4.36. The highest BCUT2D eigenvalue weighted by molar-refractivity contribution is 5.43. The van der Waals surface area contributed by atoms with Crippen molar-refractivity contribution in [3.8, 4) is 0 Å². The van der Waals surface area contributed by atoms with Crippen LogP contribution in [0.5, 0.6) is 0 Å². The molecule has 1 unspecified atom stereocenters. The highest BCUT2D eigenvalue weighted by Crippen LogP contribution is 2.18. The Kier molecular flexibility index (Phi) is 3.78. The maximum Gasteiger partial charge on any atom is 0.226 e. The van der Waals surface area contributed by atoms with Gasteiger partial charge in [0, 0.05) is 33.4 Å². The van der Waals surface area contributed by atoms with Crippen LogP contribution in [0.4, 0.5) is 11.8 Å². The number of hydrogen-bond acceptors (Lipinski definition) is 5. The Hall–Kier alpha value is -1.36. The fourth-order valence-electron chi connectivity index (χ4n) is 2.04. The molecule has 0 bridgehead atoms. The van der Waals surface area contributed by atoms with E-state index in [0.29, 0.717) is 0 Å². The lowest BCUT2D eigenvalue weighted by Gasteiger charge is -2.22. The molecule has 0 aromatic carbocycles. The van der Waals surface area contributed by atoms with E-state index >= 15 is 0 Å². The number of hydrogen-bond donors (Lipinski definition) is 1. The molecule has 94 valence electrons. The van der Waals surface area contributed by atoms with Crippen LogP contribution in [0.3, 0.4) is 0 Å². The number of aromatic nitrogens is 2. The van der Waals surface area contributed by atoms with Crippen LogP contribution in [0.25, 0.3) is 0 Å². The van der Waals surface area contributed by atoms with Crippen molar-refractivity contribution in [2.45, 2.75) is 25.4 Å². The predicted molar refractivity (Wildman–Crippen MR) is 68.4 cm³/mol. The van der Waals surface area contributed by atoms with Crippen molar-refractivity contribution in [2.24, 2.45) is 0 Å². The molecule has 1 atom stereocenters. The van der Waals surface area contributed by atoms with E-state index in [1.807, 2.05) is 25.1 Å². The summed E-state index contributed by atoms with van der Waals surface area (Å²) >= 11 is 0. The molecule has 1 N–H and O–H groups in total. The summed E-state index contributed by atoms with van der Waals surface area (Å²) in [6.45, 7) is 1.83. The van der Waals surface area contributed by atoms with Gasteiger partial charge in [0.1, 0.15) is 5.82 Å². The number of rotatable bonds is 2. The Morgan fingerprint density at radius 3 is 2.94 bits per heavy atom. The second-order valence-electron chi connectivity index (χ2n) is 4.68. The molecule has 1 fully saturated rings. The topological polar surface area (TPSA) is 52.5 Å². The molecule has 1 aromatic heterocycles. The van der Waals surface area contributed by atoms with E-state index in [2.05, 4.69) is 14.9 Å². The first kappa shape index (κ1) is 12.1. The van der Waals surface area contributed by atoms with Gasteiger partial charge in [0.2, 0.25) is 5.95 Å². The Morgan fingerprint density at radius 1 is 1.35 bits per heavy atom. The minimum Gasteiger partial charge on any atom is -0.393 e. The minimum absolute atomic E-state index is 0.157. The van der Waals surface area contributed by atoms with Gasteiger partial charge >= 0.3 is 0 Å². The molecule has 1 aliphatic heterocycles. The molecule has 1 aliphatic rings. The number of aliphatic hydroxyl groups is 1. The van der Waals surface area contributed by atoms with Crippen molar-refractivity contribution in [1.29, 1.82) is 0 Å². The molecule has 1 aromatic rings. The summed E-state index contributed by atoms with van der Waals surface area (Å²) in [4.78, 5) is 12.9. The van der Waals surface area contributed by atoms with Crippen LogP contribution < -0.4 is 9.80 Å². The lowest BCUT2D eigenvalue weighted by molar-refractivity contribution is 0.161. The van der Waals surface area contributed by atoms with Crippen LogP contribution in [0.1, 0.15) is 19.3 Å². The monoisotopic (exact) mass is 236 g/mol. The first-order chi connectivity index (χ1) is 8.16. The molecule has 5 heteroatoms. The Bertz CT molecular complexity index is 369. The number of nitrogens with zero attached hydrogens (tertiary/aromatic N) is 4. The smallest absolute Gasteiger partial charge is 0.226 e. The molecule has 2 heterocycles. The molecule has 0 saturated carbocycles. The van der Waals surface area contributed by atoms with Crippen molar-refractivity contribution >= 4 is 11.8 Å². The van der Waals surface area contributed by atoms with Crippen molar-refractivity contribution in [3.05, 3.63) is 12.3 Å². The van der Waals surface area contributed by atoms with Crippen LogP contribution in [0, 0.1) is 0 Å². The zero-order valence-corrected chi connectivity index (χ0v) is 10.5. The summed E-state index contributed by atoms with van der Waals surface area (Å²) in [6, 6.07) is 1.94. The number of aliphatic hydroxyl groups excluding tert-OH is 1. The lowest BCUT2D eigenvalue weighted by atomic mass is 10.2. The van der Waals surface area contributed by atoms with E-state index in [9.17, 15) is 5.11 Å². The van der Waals surface area contributed by atoms with Crippen LogP contribution >= 0.6 is 0 Å². The maximum atomic E-state index is 9.63. The van der Waals surface area contributed by atoms with E-state index in [1.165, 1.54) is 0 Å². The van der Waals surface area contributed by atoms with Gasteiger partial charge in [-0.2, -0.15) is 4.98 Å². The van der Waals surface area contributed by atoms with Crippen molar-refractivity contribution in [3.63, 3.8) is 0 Å². The quantitative estimate of drug-likeness (QED) is 0.826. The summed E-state index contributed by atoms with van der Waals surface area (Å²) in [5.41, 5.74) is 0. The zero-order chi connectivity index (χ0) is 12.3. The standard InChI is InChI=1S/C12H20N4O/c1-15(2)12-13-7-5-11(14-12)16-8-3-4-10(17)6-9-16/h5,7,10,17H,3-4,6,8-9H2,1-2H3. The summed E-state index contributed by atoms with van der Waals surface area (Å²) in [5.74, 6) is 1.69. The summed E-state index contributed by atoms with van der Waals surface area (Å²) < 4.78 is 0. The normalized spacial score (nSPS) is 21.1. The Balaban J connectivity index is 2.13. The van der Waals surface area contributed by atoms with Crippen LogP contribution in [-0.2, 0) is 0 Å². The lowest BCUT2D eigenvalue weighted by Crippen LogP contribution is -2.26. The predicted octanol–water partition coefficient (Wildman–Crippen LogP) is 0.894. The van der Waals surface area contributed by atoms with Crippen molar-refractivity contribution in [1.82, 2.24) is 9.97 Å². The third-order valence-corrected chi connectivity index (χ3v) is 3.05. The highest BCUT2D eigenvalue weighted by Gasteiger charge is 2.16. The van der Waals surface area contributed by atoms with Gasteiger partial charge in [-0.1, -0.05) is 0 Å². The van der Waals surface area contributed by atoms with Crippen LogP contribution in [0.2, 0.25) is 0 Å². The fraction of sp³-hybridized carbons (Fsp3) is 0.667. The molecule has 0 amide bonds. The average Bonchev–Trinajstić information content (AvgIpc) is 2.54. The molecule has 0 spiro atoms. The van der Waals surface area contributed by atoms with Gasteiger partial charge in [-0.3, -0.25) is 0 Å². The Labute approximate surface area is 102 Å². The highest BCUT2D eigenvalue weighted by atomic mass is 16.3. The van der Waals surface area contributed by atoms with Gasteiger partial charge in [0.05, 0.1) is 6.10 Å². The van der Waals surface area contributed by atoms with Crippen molar-refractivity contribution < 1.29 is 5.11 Å².